The molecular weight excluding hydrogens is 360 g/mol. The monoisotopic (exact) mass is 392 g/mol. The Bertz CT molecular complexity index is 985. The molecule has 0 aliphatic heterocycles. The van der Waals surface area contributed by atoms with Gasteiger partial charge in [0, 0.05) is 0 Å². The summed E-state index contributed by atoms with van der Waals surface area (Å²) in [5.41, 5.74) is 7.98. The number of benzene rings is 3. The molecule has 0 saturated carbocycles. The largest absolute Gasteiger partial charge is 0.0851 e. The maximum Gasteiger partial charge on any atom is -0.00499 e. The molecule has 0 heteroatoms. The Labute approximate surface area is 182 Å². The zero-order valence-electron chi connectivity index (χ0n) is 18.2. The molecule has 0 spiro atoms. The highest BCUT2D eigenvalue weighted by Gasteiger charge is 2.09. The lowest BCUT2D eigenvalue weighted by molar-refractivity contribution is 0.531. The summed E-state index contributed by atoms with van der Waals surface area (Å²) >= 11 is 0. The standard InChI is InChI=1S/C30H32/c1-23-3-7-25(8-4-23)9-10-26-11-13-27(14-12-26)15-16-28-17-21-30(22-18-28)29-19-5-24(2)6-20-29/h3,5-7,9-14,17-23,25H,4,8,15-16H2,1-2H3/b10-9+. The van der Waals surface area contributed by atoms with E-state index in [9.17, 15) is 0 Å². The number of allylic oxidation sites excluding steroid dienone is 3. The second-order valence-electron chi connectivity index (χ2n) is 8.77. The van der Waals surface area contributed by atoms with E-state index in [4.69, 9.17) is 0 Å². The minimum absolute atomic E-state index is 0.601. The molecule has 0 amide bonds. The van der Waals surface area contributed by atoms with Gasteiger partial charge in [0.25, 0.3) is 0 Å². The van der Waals surface area contributed by atoms with Crippen LogP contribution in [0.15, 0.2) is 91.0 Å². The van der Waals surface area contributed by atoms with Gasteiger partial charge in [0.15, 0.2) is 0 Å². The van der Waals surface area contributed by atoms with E-state index in [1.54, 1.807) is 0 Å². The van der Waals surface area contributed by atoms with Crippen LogP contribution in [0.1, 0.15) is 42.0 Å². The normalized spacial score (nSPS) is 18.7. The Morgan fingerprint density at radius 1 is 0.700 bits per heavy atom. The van der Waals surface area contributed by atoms with Crippen LogP contribution in [0.2, 0.25) is 0 Å². The van der Waals surface area contributed by atoms with Gasteiger partial charge in [-0.05, 0) is 72.3 Å². The lowest BCUT2D eigenvalue weighted by Gasteiger charge is -2.16. The number of hydrogen-bond donors (Lipinski definition) is 0. The Kier molecular flexibility index (Phi) is 6.64. The molecule has 1 aliphatic carbocycles. The summed E-state index contributed by atoms with van der Waals surface area (Å²) in [6.07, 6.45) is 14.1. The van der Waals surface area contributed by atoms with E-state index in [1.807, 2.05) is 0 Å². The quantitative estimate of drug-likeness (QED) is 0.372. The molecule has 30 heavy (non-hydrogen) atoms. The van der Waals surface area contributed by atoms with Crippen molar-refractivity contribution >= 4 is 6.08 Å². The molecule has 0 saturated heterocycles. The van der Waals surface area contributed by atoms with Crippen LogP contribution in [-0.2, 0) is 12.8 Å². The van der Waals surface area contributed by atoms with Crippen molar-refractivity contribution in [1.82, 2.24) is 0 Å². The van der Waals surface area contributed by atoms with Crippen molar-refractivity contribution < 1.29 is 0 Å². The molecule has 0 fully saturated rings. The zero-order chi connectivity index (χ0) is 20.8. The van der Waals surface area contributed by atoms with Crippen LogP contribution in [-0.4, -0.2) is 0 Å². The fourth-order valence-electron chi connectivity index (χ4n) is 4.07. The third-order valence-corrected chi connectivity index (χ3v) is 6.20. The smallest absolute Gasteiger partial charge is 0.00499 e. The number of aryl methyl sites for hydroxylation is 3. The first-order valence-corrected chi connectivity index (χ1v) is 11.3. The lowest BCUT2D eigenvalue weighted by Crippen LogP contribution is -2.03. The van der Waals surface area contributed by atoms with Crippen molar-refractivity contribution in [2.75, 3.05) is 0 Å². The van der Waals surface area contributed by atoms with E-state index < -0.39 is 0 Å². The summed E-state index contributed by atoms with van der Waals surface area (Å²) < 4.78 is 0. The Balaban J connectivity index is 1.30. The molecule has 0 N–H and O–H groups in total. The average molecular weight is 393 g/mol. The molecule has 2 unspecified atom stereocenters. The SMILES string of the molecule is Cc1ccc(-c2ccc(CCc3ccc(/C=C/C4C=CC(C)CC4)cc3)cc2)cc1. The maximum atomic E-state index is 2.36. The predicted molar refractivity (Wildman–Crippen MR) is 131 cm³/mol. The maximum absolute atomic E-state index is 2.36. The van der Waals surface area contributed by atoms with Gasteiger partial charge in [-0.2, -0.15) is 0 Å². The average Bonchev–Trinajstić information content (AvgIpc) is 2.79. The van der Waals surface area contributed by atoms with Crippen molar-refractivity contribution in [2.24, 2.45) is 11.8 Å². The van der Waals surface area contributed by atoms with Gasteiger partial charge in [0.2, 0.25) is 0 Å². The third kappa shape index (κ3) is 5.60. The van der Waals surface area contributed by atoms with Gasteiger partial charge < -0.3 is 0 Å². The van der Waals surface area contributed by atoms with Gasteiger partial charge in [0.1, 0.15) is 0 Å². The van der Waals surface area contributed by atoms with Crippen LogP contribution in [0, 0.1) is 18.8 Å². The molecule has 0 nitrogen and oxygen atoms in total. The molecule has 4 rings (SSSR count). The van der Waals surface area contributed by atoms with E-state index >= 15 is 0 Å². The molecule has 2 atom stereocenters. The fraction of sp³-hybridized carbons (Fsp3) is 0.267. The summed E-state index contributed by atoms with van der Waals surface area (Å²) in [4.78, 5) is 0. The fourth-order valence-corrected chi connectivity index (χ4v) is 4.07. The summed E-state index contributed by atoms with van der Waals surface area (Å²) in [5.74, 6) is 1.34. The van der Waals surface area contributed by atoms with Crippen molar-refractivity contribution in [3.05, 3.63) is 113 Å². The van der Waals surface area contributed by atoms with Crippen molar-refractivity contribution in [1.29, 1.82) is 0 Å². The van der Waals surface area contributed by atoms with Crippen LogP contribution < -0.4 is 0 Å². The van der Waals surface area contributed by atoms with E-state index in [-0.39, 0.29) is 0 Å². The second kappa shape index (κ2) is 9.76. The van der Waals surface area contributed by atoms with Crippen LogP contribution in [0.5, 0.6) is 0 Å². The van der Waals surface area contributed by atoms with Gasteiger partial charge in [-0.3, -0.25) is 0 Å². The molecule has 0 radical (unpaired) electrons. The van der Waals surface area contributed by atoms with Crippen LogP contribution >= 0.6 is 0 Å². The predicted octanol–water partition coefficient (Wildman–Crippen LogP) is 8.06. The minimum Gasteiger partial charge on any atom is -0.0851 e. The first kappa shape index (κ1) is 20.4. The van der Waals surface area contributed by atoms with E-state index in [0.29, 0.717) is 5.92 Å². The van der Waals surface area contributed by atoms with E-state index in [1.165, 1.54) is 46.2 Å². The summed E-state index contributed by atoms with van der Waals surface area (Å²) in [6, 6.07) is 26.8. The Morgan fingerprint density at radius 3 is 1.83 bits per heavy atom. The second-order valence-corrected chi connectivity index (χ2v) is 8.77. The molecule has 3 aromatic rings. The molecular formula is C30H32. The number of hydrogen-bond acceptors (Lipinski definition) is 0. The third-order valence-electron chi connectivity index (χ3n) is 6.20. The highest BCUT2D eigenvalue weighted by atomic mass is 14.1. The van der Waals surface area contributed by atoms with E-state index in [0.717, 1.165) is 18.8 Å². The summed E-state index contributed by atoms with van der Waals surface area (Å²) in [7, 11) is 0. The molecule has 0 heterocycles. The van der Waals surface area contributed by atoms with Gasteiger partial charge >= 0.3 is 0 Å². The molecule has 0 aromatic heterocycles. The van der Waals surface area contributed by atoms with Crippen LogP contribution in [0.25, 0.3) is 17.2 Å². The van der Waals surface area contributed by atoms with Crippen molar-refractivity contribution in [3.8, 4) is 11.1 Å². The molecule has 152 valence electrons. The highest BCUT2D eigenvalue weighted by Crippen LogP contribution is 2.24. The molecule has 0 bridgehead atoms. The first-order chi connectivity index (χ1) is 14.7. The van der Waals surface area contributed by atoms with Crippen LogP contribution in [0.3, 0.4) is 0 Å². The van der Waals surface area contributed by atoms with Gasteiger partial charge in [-0.25, -0.2) is 0 Å². The Morgan fingerprint density at radius 2 is 1.27 bits per heavy atom. The highest BCUT2D eigenvalue weighted by molar-refractivity contribution is 5.64. The van der Waals surface area contributed by atoms with Crippen molar-refractivity contribution in [3.63, 3.8) is 0 Å². The first-order valence-electron chi connectivity index (χ1n) is 11.3. The number of rotatable bonds is 6. The van der Waals surface area contributed by atoms with E-state index in [2.05, 4.69) is 111 Å². The Hall–Kier alpha value is -2.86. The minimum atomic E-state index is 0.601. The zero-order valence-corrected chi connectivity index (χ0v) is 18.2. The summed E-state index contributed by atoms with van der Waals surface area (Å²) in [6.45, 7) is 4.43. The van der Waals surface area contributed by atoms with Crippen molar-refractivity contribution in [2.45, 2.75) is 39.5 Å². The van der Waals surface area contributed by atoms with Gasteiger partial charge in [-0.1, -0.05) is 110 Å². The molecule has 1 aliphatic rings. The topological polar surface area (TPSA) is 0 Å². The summed E-state index contributed by atoms with van der Waals surface area (Å²) in [5, 5.41) is 0. The van der Waals surface area contributed by atoms with Crippen LogP contribution in [0.4, 0.5) is 0 Å². The molecule has 3 aromatic carbocycles. The lowest BCUT2D eigenvalue weighted by atomic mass is 9.89. The van der Waals surface area contributed by atoms with Gasteiger partial charge in [-0.15, -0.1) is 0 Å². The van der Waals surface area contributed by atoms with Gasteiger partial charge in [0.05, 0.1) is 0 Å².